The van der Waals surface area contributed by atoms with Crippen molar-refractivity contribution in [2.75, 3.05) is 12.4 Å². The summed E-state index contributed by atoms with van der Waals surface area (Å²) in [6.07, 6.45) is 0. The predicted octanol–water partition coefficient (Wildman–Crippen LogP) is 2.86. The first-order valence-corrected chi connectivity index (χ1v) is 6.06. The van der Waals surface area contributed by atoms with Crippen LogP contribution < -0.4 is 5.32 Å². The number of methoxy groups -OCH3 is 1. The van der Waals surface area contributed by atoms with E-state index in [4.69, 9.17) is 9.68 Å². The number of furan rings is 1. The zero-order valence-electron chi connectivity index (χ0n) is 11.3. The molecule has 0 amide bonds. The molecule has 0 unspecified atom stereocenters. The maximum Gasteiger partial charge on any atom is 0.373 e. The van der Waals surface area contributed by atoms with Crippen molar-refractivity contribution in [1.29, 1.82) is 5.26 Å². The third kappa shape index (κ3) is 2.81. The Labute approximate surface area is 116 Å². The molecular weight excluding hydrogens is 256 g/mol. The van der Waals surface area contributed by atoms with Gasteiger partial charge in [-0.25, -0.2) is 4.79 Å². The van der Waals surface area contributed by atoms with E-state index in [9.17, 15) is 4.79 Å². The molecule has 5 heteroatoms. The van der Waals surface area contributed by atoms with Gasteiger partial charge in [-0.05, 0) is 30.7 Å². The highest BCUT2D eigenvalue weighted by Crippen LogP contribution is 2.19. The lowest BCUT2D eigenvalue weighted by Gasteiger charge is -2.08. The fraction of sp³-hybridized carbons (Fsp3) is 0.200. The molecule has 0 aliphatic carbocycles. The number of carbonyl (C=O) groups excluding carboxylic acids is 1. The van der Waals surface area contributed by atoms with Crippen molar-refractivity contribution in [2.24, 2.45) is 0 Å². The van der Waals surface area contributed by atoms with Crippen molar-refractivity contribution in [3.63, 3.8) is 0 Å². The number of hydrogen-bond donors (Lipinski definition) is 1. The van der Waals surface area contributed by atoms with E-state index in [1.165, 1.54) is 7.11 Å². The Balaban J connectivity index is 2.10. The number of esters is 1. The van der Waals surface area contributed by atoms with Gasteiger partial charge in [0.05, 0.1) is 24.9 Å². The Morgan fingerprint density at radius 2 is 2.20 bits per heavy atom. The lowest BCUT2D eigenvalue weighted by atomic mass is 10.1. The van der Waals surface area contributed by atoms with E-state index in [0.717, 1.165) is 11.3 Å². The number of benzene rings is 1. The van der Waals surface area contributed by atoms with Crippen molar-refractivity contribution in [2.45, 2.75) is 13.5 Å². The molecule has 0 aliphatic heterocycles. The number of carbonyl (C=O) groups is 1. The van der Waals surface area contributed by atoms with Crippen LogP contribution in [-0.4, -0.2) is 13.1 Å². The average molecular weight is 270 g/mol. The van der Waals surface area contributed by atoms with Crippen LogP contribution in [0, 0.1) is 18.3 Å². The van der Waals surface area contributed by atoms with E-state index in [-0.39, 0.29) is 5.76 Å². The SMILES string of the molecule is COC(=O)c1ccc(CNc2cccc(C)c2C#N)o1. The minimum absolute atomic E-state index is 0.161. The van der Waals surface area contributed by atoms with Crippen LogP contribution in [0.25, 0.3) is 0 Å². The summed E-state index contributed by atoms with van der Waals surface area (Å²) in [6.45, 7) is 2.26. The second kappa shape index (κ2) is 5.93. The van der Waals surface area contributed by atoms with E-state index in [1.54, 1.807) is 12.1 Å². The van der Waals surface area contributed by atoms with Gasteiger partial charge in [0, 0.05) is 0 Å². The van der Waals surface area contributed by atoms with Crippen molar-refractivity contribution in [1.82, 2.24) is 0 Å². The number of ether oxygens (including phenoxy) is 1. The smallest absolute Gasteiger partial charge is 0.373 e. The summed E-state index contributed by atoms with van der Waals surface area (Å²) in [5, 5.41) is 12.3. The quantitative estimate of drug-likeness (QED) is 0.864. The highest BCUT2D eigenvalue weighted by atomic mass is 16.5. The minimum Gasteiger partial charge on any atom is -0.463 e. The zero-order chi connectivity index (χ0) is 14.5. The van der Waals surface area contributed by atoms with Crippen LogP contribution >= 0.6 is 0 Å². The molecule has 2 aromatic rings. The molecule has 0 bridgehead atoms. The summed E-state index contributed by atoms with van der Waals surface area (Å²) < 4.78 is 9.91. The number of rotatable bonds is 4. The highest BCUT2D eigenvalue weighted by molar-refractivity contribution is 5.86. The fourth-order valence-corrected chi connectivity index (χ4v) is 1.83. The topological polar surface area (TPSA) is 75.3 Å². The van der Waals surface area contributed by atoms with Gasteiger partial charge in [0.15, 0.2) is 0 Å². The van der Waals surface area contributed by atoms with Gasteiger partial charge in [0.1, 0.15) is 11.8 Å². The summed E-state index contributed by atoms with van der Waals surface area (Å²) >= 11 is 0. The van der Waals surface area contributed by atoms with E-state index in [1.807, 2.05) is 25.1 Å². The Morgan fingerprint density at radius 1 is 1.40 bits per heavy atom. The number of nitrogens with one attached hydrogen (secondary N) is 1. The molecule has 1 aromatic carbocycles. The number of nitriles is 1. The van der Waals surface area contributed by atoms with Crippen molar-refractivity contribution >= 4 is 11.7 Å². The summed E-state index contributed by atoms with van der Waals surface area (Å²) in [5.41, 5.74) is 2.25. The lowest BCUT2D eigenvalue weighted by molar-refractivity contribution is 0.0563. The Bertz CT molecular complexity index is 668. The second-order valence-corrected chi connectivity index (χ2v) is 4.22. The molecule has 0 spiro atoms. The van der Waals surface area contributed by atoms with Crippen LogP contribution in [-0.2, 0) is 11.3 Å². The minimum atomic E-state index is -0.510. The van der Waals surface area contributed by atoms with E-state index < -0.39 is 5.97 Å². The molecule has 2 rings (SSSR count). The van der Waals surface area contributed by atoms with E-state index in [0.29, 0.717) is 17.9 Å². The van der Waals surface area contributed by atoms with E-state index >= 15 is 0 Å². The van der Waals surface area contributed by atoms with Crippen LogP contribution in [0.2, 0.25) is 0 Å². The first-order valence-electron chi connectivity index (χ1n) is 6.06. The summed E-state index contributed by atoms with van der Waals surface area (Å²) in [5.74, 6) is 0.245. The van der Waals surface area contributed by atoms with Gasteiger partial charge in [-0.1, -0.05) is 12.1 Å². The summed E-state index contributed by atoms with van der Waals surface area (Å²) in [6, 6.07) is 11.0. The number of aryl methyl sites for hydroxylation is 1. The van der Waals surface area contributed by atoms with Gasteiger partial charge in [0.25, 0.3) is 0 Å². The Morgan fingerprint density at radius 3 is 2.90 bits per heavy atom. The third-order valence-corrected chi connectivity index (χ3v) is 2.89. The lowest BCUT2D eigenvalue weighted by Crippen LogP contribution is -2.02. The molecular formula is C15H14N2O3. The normalized spacial score (nSPS) is 9.85. The molecule has 1 heterocycles. The monoisotopic (exact) mass is 270 g/mol. The highest BCUT2D eigenvalue weighted by Gasteiger charge is 2.11. The first-order chi connectivity index (χ1) is 9.65. The van der Waals surface area contributed by atoms with Crippen molar-refractivity contribution < 1.29 is 13.9 Å². The fourth-order valence-electron chi connectivity index (χ4n) is 1.83. The van der Waals surface area contributed by atoms with Crippen LogP contribution in [0.1, 0.15) is 27.4 Å². The summed E-state index contributed by atoms with van der Waals surface area (Å²) in [7, 11) is 1.30. The maximum atomic E-state index is 11.3. The molecule has 0 saturated heterocycles. The molecule has 0 radical (unpaired) electrons. The molecule has 1 aromatic heterocycles. The average Bonchev–Trinajstić information content (AvgIpc) is 2.93. The molecule has 5 nitrogen and oxygen atoms in total. The zero-order valence-corrected chi connectivity index (χ0v) is 11.3. The summed E-state index contributed by atoms with van der Waals surface area (Å²) in [4.78, 5) is 11.3. The first kappa shape index (κ1) is 13.7. The van der Waals surface area contributed by atoms with Gasteiger partial charge >= 0.3 is 5.97 Å². The number of nitrogens with zero attached hydrogens (tertiary/aromatic N) is 1. The van der Waals surface area contributed by atoms with Crippen LogP contribution in [0.3, 0.4) is 0 Å². The third-order valence-electron chi connectivity index (χ3n) is 2.89. The van der Waals surface area contributed by atoms with Gasteiger partial charge in [-0.2, -0.15) is 5.26 Å². The van der Waals surface area contributed by atoms with Crippen molar-refractivity contribution in [3.05, 3.63) is 53.0 Å². The molecule has 0 fully saturated rings. The number of hydrogen-bond acceptors (Lipinski definition) is 5. The Hall–Kier alpha value is -2.74. The molecule has 1 N–H and O–H groups in total. The van der Waals surface area contributed by atoms with Gasteiger partial charge in [-0.15, -0.1) is 0 Å². The molecule has 0 aliphatic rings. The predicted molar refractivity (Wildman–Crippen MR) is 73.3 cm³/mol. The van der Waals surface area contributed by atoms with Crippen LogP contribution in [0.4, 0.5) is 5.69 Å². The molecule has 102 valence electrons. The van der Waals surface area contributed by atoms with E-state index in [2.05, 4.69) is 16.1 Å². The second-order valence-electron chi connectivity index (χ2n) is 4.22. The number of anilines is 1. The largest absolute Gasteiger partial charge is 0.463 e. The maximum absolute atomic E-state index is 11.3. The van der Waals surface area contributed by atoms with Crippen molar-refractivity contribution in [3.8, 4) is 6.07 Å². The van der Waals surface area contributed by atoms with Gasteiger partial charge in [-0.3, -0.25) is 0 Å². The molecule has 0 atom stereocenters. The molecule has 0 saturated carbocycles. The van der Waals surface area contributed by atoms with Gasteiger partial charge in [0.2, 0.25) is 5.76 Å². The van der Waals surface area contributed by atoms with Gasteiger partial charge < -0.3 is 14.5 Å². The molecule has 20 heavy (non-hydrogen) atoms. The van der Waals surface area contributed by atoms with Crippen LogP contribution in [0.15, 0.2) is 34.7 Å². The van der Waals surface area contributed by atoms with Crippen LogP contribution in [0.5, 0.6) is 0 Å². The standard InChI is InChI=1S/C15H14N2O3/c1-10-4-3-5-13(12(10)8-16)17-9-11-6-7-14(20-11)15(18)19-2/h3-7,17H,9H2,1-2H3. The Kier molecular flexibility index (Phi) is 4.06.